The number of piperazine rings is 1. The predicted octanol–water partition coefficient (Wildman–Crippen LogP) is 4.01. The SMILES string of the molecule is CCOc1c(Cl)cc(/C=C/C(=O)N2CCN(Cc3cccc([N+](=O)[O-])c3)CC2)cc1OC. The molecule has 0 bridgehead atoms. The number of methoxy groups -OCH3 is 1. The van der Waals surface area contributed by atoms with Crippen molar-refractivity contribution in [1.82, 2.24) is 9.80 Å². The highest BCUT2D eigenvalue weighted by molar-refractivity contribution is 6.32. The van der Waals surface area contributed by atoms with Gasteiger partial charge in [0, 0.05) is 50.9 Å². The van der Waals surface area contributed by atoms with Crippen LogP contribution in [0.15, 0.2) is 42.5 Å². The molecule has 2 aromatic rings. The molecule has 0 unspecified atom stereocenters. The summed E-state index contributed by atoms with van der Waals surface area (Å²) in [6.07, 6.45) is 3.24. The number of rotatable bonds is 8. The molecule has 170 valence electrons. The van der Waals surface area contributed by atoms with E-state index in [2.05, 4.69) is 4.90 Å². The van der Waals surface area contributed by atoms with Crippen LogP contribution < -0.4 is 9.47 Å². The molecule has 0 spiro atoms. The average molecular weight is 460 g/mol. The highest BCUT2D eigenvalue weighted by Crippen LogP contribution is 2.36. The van der Waals surface area contributed by atoms with Crippen LogP contribution >= 0.6 is 11.6 Å². The van der Waals surface area contributed by atoms with Crippen molar-refractivity contribution >= 4 is 29.3 Å². The fourth-order valence-electron chi connectivity index (χ4n) is 3.55. The van der Waals surface area contributed by atoms with Gasteiger partial charge in [0.1, 0.15) is 0 Å². The molecule has 9 heteroatoms. The third kappa shape index (κ3) is 5.99. The number of halogens is 1. The van der Waals surface area contributed by atoms with Gasteiger partial charge in [0.2, 0.25) is 5.91 Å². The van der Waals surface area contributed by atoms with Gasteiger partial charge >= 0.3 is 0 Å². The van der Waals surface area contributed by atoms with Crippen LogP contribution in [0.3, 0.4) is 0 Å². The van der Waals surface area contributed by atoms with Gasteiger partial charge < -0.3 is 14.4 Å². The number of nitrogens with zero attached hydrogens (tertiary/aromatic N) is 3. The number of non-ortho nitro benzene ring substituents is 1. The Labute approximate surface area is 192 Å². The fourth-order valence-corrected chi connectivity index (χ4v) is 3.82. The standard InChI is InChI=1S/C23H26ClN3O5/c1-3-32-23-20(24)14-17(15-21(23)31-2)7-8-22(28)26-11-9-25(10-12-26)16-18-5-4-6-19(13-18)27(29)30/h4-8,13-15H,3,9-12,16H2,1-2H3/b8-7+. The lowest BCUT2D eigenvalue weighted by Gasteiger charge is -2.34. The smallest absolute Gasteiger partial charge is 0.269 e. The molecule has 1 saturated heterocycles. The summed E-state index contributed by atoms with van der Waals surface area (Å²) in [5.74, 6) is 0.921. The van der Waals surface area contributed by atoms with Crippen molar-refractivity contribution in [3.63, 3.8) is 0 Å². The van der Waals surface area contributed by atoms with Gasteiger partial charge in [0.05, 0.1) is 23.7 Å². The van der Waals surface area contributed by atoms with Crippen LogP contribution in [0.4, 0.5) is 5.69 Å². The van der Waals surface area contributed by atoms with E-state index in [1.807, 2.05) is 13.0 Å². The Morgan fingerprint density at radius 2 is 1.97 bits per heavy atom. The van der Waals surface area contributed by atoms with Gasteiger partial charge in [-0.05, 0) is 36.3 Å². The van der Waals surface area contributed by atoms with E-state index < -0.39 is 0 Å². The van der Waals surface area contributed by atoms with Crippen LogP contribution in [-0.2, 0) is 11.3 Å². The van der Waals surface area contributed by atoms with E-state index in [9.17, 15) is 14.9 Å². The van der Waals surface area contributed by atoms with Gasteiger partial charge in [-0.25, -0.2) is 0 Å². The van der Waals surface area contributed by atoms with E-state index in [0.717, 1.165) is 11.1 Å². The molecule has 0 saturated carbocycles. The molecule has 0 aromatic heterocycles. The number of nitro benzene ring substituents is 1. The van der Waals surface area contributed by atoms with Crippen LogP contribution in [0.25, 0.3) is 6.08 Å². The summed E-state index contributed by atoms with van der Waals surface area (Å²) in [5, 5.41) is 11.4. The van der Waals surface area contributed by atoms with Gasteiger partial charge in [-0.1, -0.05) is 23.7 Å². The summed E-state index contributed by atoms with van der Waals surface area (Å²) in [7, 11) is 1.54. The summed E-state index contributed by atoms with van der Waals surface area (Å²) in [6, 6.07) is 10.2. The van der Waals surface area contributed by atoms with Gasteiger partial charge in [-0.15, -0.1) is 0 Å². The molecule has 1 heterocycles. The lowest BCUT2D eigenvalue weighted by molar-refractivity contribution is -0.384. The third-order valence-corrected chi connectivity index (χ3v) is 5.45. The minimum Gasteiger partial charge on any atom is -0.493 e. The van der Waals surface area contributed by atoms with Crippen LogP contribution in [0.1, 0.15) is 18.1 Å². The predicted molar refractivity (Wildman–Crippen MR) is 123 cm³/mol. The summed E-state index contributed by atoms with van der Waals surface area (Å²) < 4.78 is 10.9. The molecule has 1 aliphatic rings. The Balaban J connectivity index is 1.56. The van der Waals surface area contributed by atoms with Crippen molar-refractivity contribution in [2.45, 2.75) is 13.5 Å². The molecule has 0 N–H and O–H groups in total. The number of hydrogen-bond donors (Lipinski definition) is 0. The highest BCUT2D eigenvalue weighted by Gasteiger charge is 2.20. The summed E-state index contributed by atoms with van der Waals surface area (Å²) in [6.45, 7) is 5.53. The zero-order chi connectivity index (χ0) is 23.1. The van der Waals surface area contributed by atoms with Crippen molar-refractivity contribution in [1.29, 1.82) is 0 Å². The van der Waals surface area contributed by atoms with Gasteiger partial charge in [0.25, 0.3) is 5.69 Å². The number of ether oxygens (including phenoxy) is 2. The van der Waals surface area contributed by atoms with Crippen LogP contribution in [-0.4, -0.2) is 60.5 Å². The van der Waals surface area contributed by atoms with Crippen molar-refractivity contribution in [2.75, 3.05) is 39.9 Å². The summed E-state index contributed by atoms with van der Waals surface area (Å²) in [5.41, 5.74) is 1.72. The second kappa shape index (κ2) is 11.0. The van der Waals surface area contributed by atoms with E-state index in [1.54, 1.807) is 42.4 Å². The number of benzene rings is 2. The zero-order valence-electron chi connectivity index (χ0n) is 18.1. The Morgan fingerprint density at radius 1 is 1.22 bits per heavy atom. The molecule has 0 radical (unpaired) electrons. The second-order valence-electron chi connectivity index (χ2n) is 7.33. The quantitative estimate of drug-likeness (QED) is 0.337. The number of carbonyl (C=O) groups is 1. The highest BCUT2D eigenvalue weighted by atomic mass is 35.5. The minimum atomic E-state index is -0.389. The molecule has 8 nitrogen and oxygen atoms in total. The number of carbonyl (C=O) groups excluding carboxylic acids is 1. The fraction of sp³-hybridized carbons (Fsp3) is 0.348. The Morgan fingerprint density at radius 3 is 2.62 bits per heavy atom. The van der Waals surface area contributed by atoms with Gasteiger partial charge in [-0.2, -0.15) is 0 Å². The van der Waals surface area contributed by atoms with Crippen LogP contribution in [0.5, 0.6) is 11.5 Å². The third-order valence-electron chi connectivity index (χ3n) is 5.17. The van der Waals surface area contributed by atoms with Crippen LogP contribution in [0.2, 0.25) is 5.02 Å². The van der Waals surface area contributed by atoms with Crippen molar-refractivity contribution < 1.29 is 19.2 Å². The summed E-state index contributed by atoms with van der Waals surface area (Å²) in [4.78, 5) is 27.2. The zero-order valence-corrected chi connectivity index (χ0v) is 18.9. The molecule has 2 aromatic carbocycles. The molecule has 1 amide bonds. The molecule has 3 rings (SSSR count). The first-order chi connectivity index (χ1) is 15.4. The van der Waals surface area contributed by atoms with E-state index in [4.69, 9.17) is 21.1 Å². The van der Waals surface area contributed by atoms with Gasteiger partial charge in [-0.3, -0.25) is 19.8 Å². The van der Waals surface area contributed by atoms with E-state index in [0.29, 0.717) is 55.9 Å². The average Bonchev–Trinajstić information content (AvgIpc) is 2.79. The lowest BCUT2D eigenvalue weighted by Crippen LogP contribution is -2.47. The van der Waals surface area contributed by atoms with Crippen LogP contribution in [0, 0.1) is 10.1 Å². The first kappa shape index (κ1) is 23.6. The Kier molecular flexibility index (Phi) is 8.08. The van der Waals surface area contributed by atoms with E-state index >= 15 is 0 Å². The van der Waals surface area contributed by atoms with E-state index in [-0.39, 0.29) is 16.5 Å². The number of hydrogen-bond acceptors (Lipinski definition) is 6. The Bertz CT molecular complexity index is 1000. The lowest BCUT2D eigenvalue weighted by atomic mass is 10.1. The maximum Gasteiger partial charge on any atom is 0.269 e. The monoisotopic (exact) mass is 459 g/mol. The molecule has 0 aliphatic carbocycles. The molecular formula is C23H26ClN3O5. The van der Waals surface area contributed by atoms with Gasteiger partial charge in [0.15, 0.2) is 11.5 Å². The molecular weight excluding hydrogens is 434 g/mol. The van der Waals surface area contributed by atoms with Crippen molar-refractivity contribution in [2.24, 2.45) is 0 Å². The first-order valence-corrected chi connectivity index (χ1v) is 10.7. The maximum atomic E-state index is 12.6. The molecule has 1 aliphatic heterocycles. The maximum absolute atomic E-state index is 12.6. The molecule has 1 fully saturated rings. The number of nitro groups is 1. The molecule has 0 atom stereocenters. The Hall–Kier alpha value is -3.10. The van der Waals surface area contributed by atoms with E-state index in [1.165, 1.54) is 12.1 Å². The topological polar surface area (TPSA) is 85.2 Å². The second-order valence-corrected chi connectivity index (χ2v) is 7.74. The number of amides is 1. The largest absolute Gasteiger partial charge is 0.493 e. The summed E-state index contributed by atoms with van der Waals surface area (Å²) >= 11 is 6.29. The van der Waals surface area contributed by atoms with Crippen molar-refractivity contribution in [3.8, 4) is 11.5 Å². The normalized spacial score (nSPS) is 14.5. The van der Waals surface area contributed by atoms with Crippen molar-refractivity contribution in [3.05, 3.63) is 68.7 Å². The minimum absolute atomic E-state index is 0.0797. The molecule has 32 heavy (non-hydrogen) atoms. The first-order valence-electron chi connectivity index (χ1n) is 10.3.